The Morgan fingerprint density at radius 2 is 2.00 bits per heavy atom. The fourth-order valence-electron chi connectivity index (χ4n) is 2.45. The van der Waals surface area contributed by atoms with Crippen LogP contribution in [0.1, 0.15) is 13.8 Å². The van der Waals surface area contributed by atoms with Gasteiger partial charge in [0, 0.05) is 37.3 Å². The van der Waals surface area contributed by atoms with Crippen molar-refractivity contribution in [2.45, 2.75) is 25.9 Å². The van der Waals surface area contributed by atoms with Gasteiger partial charge in [-0.15, -0.1) is 0 Å². The van der Waals surface area contributed by atoms with E-state index in [-0.39, 0.29) is 22.2 Å². The first-order valence-corrected chi connectivity index (χ1v) is 6.82. The van der Waals surface area contributed by atoms with E-state index in [2.05, 4.69) is 21.2 Å². The number of nitrogens with zero attached hydrogens (tertiary/aromatic N) is 2. The molecule has 7 heteroatoms. The lowest BCUT2D eigenvalue weighted by atomic mass is 10.1. The quantitative estimate of drug-likeness (QED) is 0.668. The van der Waals surface area contributed by atoms with Gasteiger partial charge in [0.1, 0.15) is 11.5 Å². The first-order chi connectivity index (χ1) is 8.88. The van der Waals surface area contributed by atoms with Crippen molar-refractivity contribution in [3.63, 3.8) is 0 Å². The summed E-state index contributed by atoms with van der Waals surface area (Å²) < 4.78 is 13.8. The Morgan fingerprint density at radius 1 is 1.42 bits per heavy atom. The fraction of sp³-hybridized carbons (Fsp3) is 0.500. The molecule has 0 aromatic heterocycles. The van der Waals surface area contributed by atoms with Crippen LogP contribution in [-0.2, 0) is 0 Å². The van der Waals surface area contributed by atoms with E-state index in [4.69, 9.17) is 0 Å². The van der Waals surface area contributed by atoms with Crippen molar-refractivity contribution in [1.82, 2.24) is 5.32 Å². The Kier molecular flexibility index (Phi) is 4.05. The Labute approximate surface area is 119 Å². The number of nitro benzene ring substituents is 1. The van der Waals surface area contributed by atoms with Crippen LogP contribution < -0.4 is 10.2 Å². The van der Waals surface area contributed by atoms with Crippen LogP contribution in [-0.4, -0.2) is 30.1 Å². The number of hydrogen-bond donors (Lipinski definition) is 1. The predicted molar refractivity (Wildman–Crippen MR) is 75.0 cm³/mol. The SMILES string of the molecule is C[C@@H]1CN(c2cc(F)c(Br)cc2[N+](=O)[O-])C[C@H](C)N1. The summed E-state index contributed by atoms with van der Waals surface area (Å²) in [6, 6.07) is 2.86. The third-order valence-electron chi connectivity index (χ3n) is 3.11. The van der Waals surface area contributed by atoms with E-state index in [1.165, 1.54) is 12.1 Å². The second-order valence-corrected chi connectivity index (χ2v) is 5.74. The van der Waals surface area contributed by atoms with Gasteiger partial charge in [-0.3, -0.25) is 10.1 Å². The normalized spacial score (nSPS) is 23.5. The van der Waals surface area contributed by atoms with Crippen molar-refractivity contribution in [3.05, 3.63) is 32.5 Å². The fourth-order valence-corrected chi connectivity index (χ4v) is 2.78. The van der Waals surface area contributed by atoms with Crippen LogP contribution in [0.2, 0.25) is 0 Å². The van der Waals surface area contributed by atoms with Crippen LogP contribution in [0.3, 0.4) is 0 Å². The summed E-state index contributed by atoms with van der Waals surface area (Å²) in [5, 5.41) is 14.5. The van der Waals surface area contributed by atoms with Gasteiger partial charge in [-0.25, -0.2) is 4.39 Å². The largest absolute Gasteiger partial charge is 0.363 e. The van der Waals surface area contributed by atoms with Gasteiger partial charge in [-0.2, -0.15) is 0 Å². The van der Waals surface area contributed by atoms with Gasteiger partial charge in [0.2, 0.25) is 0 Å². The Morgan fingerprint density at radius 3 is 2.53 bits per heavy atom. The molecule has 0 amide bonds. The predicted octanol–water partition coefficient (Wildman–Crippen LogP) is 2.68. The zero-order valence-electron chi connectivity index (χ0n) is 10.7. The van der Waals surface area contributed by atoms with E-state index in [1.54, 1.807) is 0 Å². The van der Waals surface area contributed by atoms with E-state index >= 15 is 0 Å². The number of piperazine rings is 1. The standard InChI is InChI=1S/C12H15BrFN3O2/c1-7-5-16(6-8(2)15-7)11-4-10(14)9(13)3-12(11)17(18)19/h3-4,7-8,15H,5-6H2,1-2H3/t7-,8+. The lowest BCUT2D eigenvalue weighted by Crippen LogP contribution is -2.54. The maximum atomic E-state index is 13.7. The molecule has 2 atom stereocenters. The Balaban J connectivity index is 2.42. The molecule has 5 nitrogen and oxygen atoms in total. The summed E-state index contributed by atoms with van der Waals surface area (Å²) in [5.41, 5.74) is 0.264. The number of benzene rings is 1. The van der Waals surface area contributed by atoms with Gasteiger partial charge in [0.25, 0.3) is 5.69 Å². The number of rotatable bonds is 2. The van der Waals surface area contributed by atoms with E-state index in [0.717, 1.165) is 0 Å². The molecule has 1 aliphatic rings. The number of halogens is 2. The maximum absolute atomic E-state index is 13.7. The van der Waals surface area contributed by atoms with Crippen LogP contribution in [0.4, 0.5) is 15.8 Å². The smallest absolute Gasteiger partial charge is 0.293 e. The second-order valence-electron chi connectivity index (χ2n) is 4.89. The third-order valence-corrected chi connectivity index (χ3v) is 3.72. The molecule has 2 rings (SSSR count). The lowest BCUT2D eigenvalue weighted by molar-refractivity contribution is -0.384. The van der Waals surface area contributed by atoms with Gasteiger partial charge in [-0.1, -0.05) is 0 Å². The van der Waals surface area contributed by atoms with Crippen molar-refractivity contribution < 1.29 is 9.31 Å². The molecular formula is C12H15BrFN3O2. The number of nitrogens with one attached hydrogen (secondary N) is 1. The minimum absolute atomic E-state index is 0.0745. The molecule has 1 aliphatic heterocycles. The Bertz CT molecular complexity index is 502. The summed E-state index contributed by atoms with van der Waals surface area (Å²) in [4.78, 5) is 12.5. The maximum Gasteiger partial charge on any atom is 0.293 e. The molecule has 1 fully saturated rings. The van der Waals surface area contributed by atoms with E-state index in [1.807, 2.05) is 18.7 Å². The Hall–Kier alpha value is -1.21. The van der Waals surface area contributed by atoms with E-state index in [0.29, 0.717) is 18.8 Å². The summed E-state index contributed by atoms with van der Waals surface area (Å²) in [6.45, 7) is 5.24. The van der Waals surface area contributed by atoms with Gasteiger partial charge >= 0.3 is 0 Å². The first kappa shape index (κ1) is 14.2. The highest BCUT2D eigenvalue weighted by molar-refractivity contribution is 9.10. The van der Waals surface area contributed by atoms with Crippen molar-refractivity contribution in [2.24, 2.45) is 0 Å². The van der Waals surface area contributed by atoms with Crippen LogP contribution in [0.25, 0.3) is 0 Å². The number of nitro groups is 1. The third kappa shape index (κ3) is 3.03. The topological polar surface area (TPSA) is 58.4 Å². The zero-order valence-corrected chi connectivity index (χ0v) is 12.3. The van der Waals surface area contributed by atoms with E-state index < -0.39 is 10.7 Å². The van der Waals surface area contributed by atoms with Gasteiger partial charge in [-0.05, 0) is 29.8 Å². The molecule has 1 aromatic carbocycles. The van der Waals surface area contributed by atoms with E-state index in [9.17, 15) is 14.5 Å². The zero-order chi connectivity index (χ0) is 14.2. The van der Waals surface area contributed by atoms with Crippen LogP contribution >= 0.6 is 15.9 Å². The molecule has 0 bridgehead atoms. The summed E-state index contributed by atoms with van der Waals surface area (Å²) in [6.07, 6.45) is 0. The summed E-state index contributed by atoms with van der Waals surface area (Å²) in [7, 11) is 0. The van der Waals surface area contributed by atoms with Crippen molar-refractivity contribution in [3.8, 4) is 0 Å². The average Bonchev–Trinajstić information content (AvgIpc) is 2.30. The molecule has 0 unspecified atom stereocenters. The number of anilines is 1. The van der Waals surface area contributed by atoms with Crippen LogP contribution in [0.15, 0.2) is 16.6 Å². The molecule has 1 heterocycles. The monoisotopic (exact) mass is 331 g/mol. The van der Waals surface area contributed by atoms with Crippen molar-refractivity contribution in [2.75, 3.05) is 18.0 Å². The molecular weight excluding hydrogens is 317 g/mol. The summed E-state index contributed by atoms with van der Waals surface area (Å²) in [5.74, 6) is -0.487. The molecule has 1 saturated heterocycles. The molecule has 19 heavy (non-hydrogen) atoms. The molecule has 1 N–H and O–H groups in total. The average molecular weight is 332 g/mol. The minimum atomic E-state index is -0.487. The van der Waals surface area contributed by atoms with Gasteiger partial charge in [0.05, 0.1) is 9.40 Å². The van der Waals surface area contributed by atoms with Crippen LogP contribution in [0, 0.1) is 15.9 Å². The minimum Gasteiger partial charge on any atom is -0.363 e. The molecule has 0 aliphatic carbocycles. The molecule has 104 valence electrons. The summed E-state index contributed by atoms with van der Waals surface area (Å²) >= 11 is 2.99. The van der Waals surface area contributed by atoms with Gasteiger partial charge in [0.15, 0.2) is 0 Å². The highest BCUT2D eigenvalue weighted by atomic mass is 79.9. The van der Waals surface area contributed by atoms with Crippen LogP contribution in [0.5, 0.6) is 0 Å². The second kappa shape index (κ2) is 5.42. The van der Waals surface area contributed by atoms with Crippen molar-refractivity contribution in [1.29, 1.82) is 0 Å². The molecule has 0 radical (unpaired) electrons. The molecule has 1 aromatic rings. The molecule has 0 saturated carbocycles. The highest BCUT2D eigenvalue weighted by Crippen LogP contribution is 2.34. The van der Waals surface area contributed by atoms with Crippen molar-refractivity contribution >= 4 is 27.3 Å². The lowest BCUT2D eigenvalue weighted by Gasteiger charge is -2.37. The number of hydrogen-bond acceptors (Lipinski definition) is 4. The van der Waals surface area contributed by atoms with Gasteiger partial charge < -0.3 is 10.2 Å². The molecule has 0 spiro atoms. The first-order valence-electron chi connectivity index (χ1n) is 6.03. The highest BCUT2D eigenvalue weighted by Gasteiger charge is 2.27.